The average Bonchev–Trinajstić information content (AvgIpc) is 1.65. The second-order valence-electron chi connectivity index (χ2n) is 0.918. The maximum absolute atomic E-state index is 4.89. The van der Waals surface area contributed by atoms with Crippen molar-refractivity contribution in [2.45, 2.75) is 6.92 Å². The molecule has 0 aromatic carbocycles. The van der Waals surface area contributed by atoms with Gasteiger partial charge in [-0.25, -0.2) is 0 Å². The lowest BCUT2D eigenvalue weighted by molar-refractivity contribution is 1.26. The summed E-state index contributed by atoms with van der Waals surface area (Å²) < 4.78 is 0. The summed E-state index contributed by atoms with van der Waals surface area (Å²) in [6.45, 7) is 1.85. The van der Waals surface area contributed by atoms with E-state index in [4.69, 9.17) is 11.8 Å². The van der Waals surface area contributed by atoms with Gasteiger partial charge >= 0.3 is 0 Å². The molecule has 0 saturated heterocycles. The first kappa shape index (κ1) is 6.48. The predicted molar refractivity (Wildman–Crippen MR) is 33.9 cm³/mol. The zero-order chi connectivity index (χ0) is 4.99. The fraction of sp³-hybridized carbons (Fsp3) is 1.00. The zero-order valence-electron chi connectivity index (χ0n) is 4.06. The highest BCUT2D eigenvalue weighted by atomic mass is 32.4. The largest absolute Gasteiger partial charge is 0.263 e. The van der Waals surface area contributed by atoms with Crippen LogP contribution in [0.25, 0.3) is 0 Å². The third-order valence-electron chi connectivity index (χ3n) is 0.537. The summed E-state index contributed by atoms with van der Waals surface area (Å²) in [5.41, 5.74) is 0. The molecule has 0 radical (unpaired) electrons. The Kier molecular flexibility index (Phi) is 3.96. The van der Waals surface area contributed by atoms with Gasteiger partial charge in [-0.15, -0.1) is 5.09 Å². The van der Waals surface area contributed by atoms with Gasteiger partial charge in [0.1, 0.15) is 6.16 Å². The van der Waals surface area contributed by atoms with E-state index in [0.29, 0.717) is 0 Å². The monoisotopic (exact) mass is 122 g/mol. The van der Waals surface area contributed by atoms with Crippen molar-refractivity contribution in [2.24, 2.45) is 0 Å². The summed E-state index contributed by atoms with van der Waals surface area (Å²) in [7, 11) is 1.90. The summed E-state index contributed by atoms with van der Waals surface area (Å²) in [6.07, 6.45) is 1.10. The maximum atomic E-state index is 4.89. The fourth-order valence-corrected chi connectivity index (χ4v) is 0.474. The molecule has 0 aliphatic carbocycles. The first-order valence-corrected chi connectivity index (χ1v) is 4.47. The summed E-state index contributed by atoms with van der Waals surface area (Å²) >= 11 is 4.89. The van der Waals surface area contributed by atoms with E-state index < -0.39 is 0 Å². The summed E-state index contributed by atoms with van der Waals surface area (Å²) in [4.78, 5) is 0. The van der Waals surface area contributed by atoms with Crippen molar-refractivity contribution in [2.75, 3.05) is 13.2 Å². The van der Waals surface area contributed by atoms with Crippen LogP contribution in [0.3, 0.4) is 0 Å². The third kappa shape index (κ3) is 2.70. The molecule has 0 spiro atoms. The van der Waals surface area contributed by atoms with Gasteiger partial charge in [0, 0.05) is 7.05 Å². The van der Waals surface area contributed by atoms with E-state index in [-0.39, 0.29) is 6.85 Å². The Morgan fingerprint density at radius 3 is 2.33 bits per heavy atom. The molecule has 0 amide bonds. The molecule has 1 N–H and O–H groups in total. The van der Waals surface area contributed by atoms with Crippen LogP contribution in [0.1, 0.15) is 6.92 Å². The Balaban J connectivity index is 2.99. The van der Waals surface area contributed by atoms with Crippen LogP contribution in [-0.4, -0.2) is 13.2 Å². The van der Waals surface area contributed by atoms with Gasteiger partial charge in [-0.1, -0.05) is 0 Å². The second kappa shape index (κ2) is 3.66. The highest BCUT2D eigenvalue weighted by molar-refractivity contribution is 8.04. The van der Waals surface area contributed by atoms with Gasteiger partial charge < -0.3 is 0 Å². The SMILES string of the molecule is CC[P+](=S)NC. The van der Waals surface area contributed by atoms with Crippen molar-refractivity contribution in [3.05, 3.63) is 0 Å². The van der Waals surface area contributed by atoms with E-state index in [9.17, 15) is 0 Å². The molecule has 0 aromatic rings. The van der Waals surface area contributed by atoms with Gasteiger partial charge in [-0.2, -0.15) is 0 Å². The van der Waals surface area contributed by atoms with Crippen LogP contribution in [0.4, 0.5) is 0 Å². The molecule has 0 fully saturated rings. The standard InChI is InChI=1S/C3H9NPS/c1-3-5(6)4-2/h3H2,1-2H3,(H,4,6)/q+1. The minimum absolute atomic E-state index is 0.243. The van der Waals surface area contributed by atoms with Crippen molar-refractivity contribution in [3.63, 3.8) is 0 Å². The lowest BCUT2D eigenvalue weighted by Crippen LogP contribution is -1.90. The Morgan fingerprint density at radius 2 is 2.33 bits per heavy atom. The Bertz CT molecular complexity index is 48.8. The van der Waals surface area contributed by atoms with Gasteiger partial charge in [-0.3, -0.25) is 0 Å². The van der Waals surface area contributed by atoms with Gasteiger partial charge in [0.25, 0.3) is 6.85 Å². The lowest BCUT2D eigenvalue weighted by atomic mass is 11.0. The van der Waals surface area contributed by atoms with Crippen molar-refractivity contribution < 1.29 is 0 Å². The van der Waals surface area contributed by atoms with E-state index in [1.165, 1.54) is 0 Å². The summed E-state index contributed by atoms with van der Waals surface area (Å²) in [5.74, 6) is 0. The second-order valence-corrected chi connectivity index (χ2v) is 4.08. The topological polar surface area (TPSA) is 12.0 Å². The molecule has 36 valence electrons. The summed E-state index contributed by atoms with van der Waals surface area (Å²) in [6, 6.07) is 0. The Hall–Kier alpha value is 0.480. The highest BCUT2D eigenvalue weighted by Crippen LogP contribution is 2.09. The Morgan fingerprint density at radius 1 is 1.83 bits per heavy atom. The first-order chi connectivity index (χ1) is 2.81. The molecular formula is C3H9NPS+. The van der Waals surface area contributed by atoms with Crippen LogP contribution in [0.5, 0.6) is 0 Å². The lowest BCUT2D eigenvalue weighted by Gasteiger charge is -1.74. The molecule has 0 rings (SSSR count). The third-order valence-corrected chi connectivity index (χ3v) is 2.93. The van der Waals surface area contributed by atoms with Crippen molar-refractivity contribution in [1.29, 1.82) is 0 Å². The average molecular weight is 122 g/mol. The Labute approximate surface area is 44.6 Å². The van der Waals surface area contributed by atoms with Crippen LogP contribution in [0.15, 0.2) is 0 Å². The van der Waals surface area contributed by atoms with E-state index in [2.05, 4.69) is 12.0 Å². The number of hydrogen-bond acceptors (Lipinski definition) is 1. The van der Waals surface area contributed by atoms with Crippen LogP contribution >= 0.6 is 6.85 Å². The predicted octanol–water partition coefficient (Wildman–Crippen LogP) is 1.08. The molecule has 0 aromatic heterocycles. The van der Waals surface area contributed by atoms with Crippen LogP contribution < -0.4 is 5.09 Å². The van der Waals surface area contributed by atoms with E-state index in [1.807, 2.05) is 7.05 Å². The van der Waals surface area contributed by atoms with Gasteiger partial charge in [0.2, 0.25) is 0 Å². The molecule has 0 aliphatic heterocycles. The van der Waals surface area contributed by atoms with E-state index in [1.54, 1.807) is 0 Å². The molecule has 6 heavy (non-hydrogen) atoms. The van der Waals surface area contributed by atoms with Crippen molar-refractivity contribution in [3.8, 4) is 0 Å². The van der Waals surface area contributed by atoms with Crippen LogP contribution in [0, 0.1) is 0 Å². The van der Waals surface area contributed by atoms with Crippen molar-refractivity contribution in [1.82, 2.24) is 5.09 Å². The molecule has 0 aliphatic rings. The first-order valence-electron chi connectivity index (χ1n) is 1.93. The smallest absolute Gasteiger partial charge is 0.136 e. The van der Waals surface area contributed by atoms with Crippen LogP contribution in [0.2, 0.25) is 0 Å². The molecule has 1 nitrogen and oxygen atoms in total. The quantitative estimate of drug-likeness (QED) is 0.550. The molecule has 1 atom stereocenters. The summed E-state index contributed by atoms with van der Waals surface area (Å²) in [5, 5.41) is 2.99. The maximum Gasteiger partial charge on any atom is 0.263 e. The van der Waals surface area contributed by atoms with E-state index in [0.717, 1.165) is 6.16 Å². The van der Waals surface area contributed by atoms with Gasteiger partial charge in [0.15, 0.2) is 11.8 Å². The number of hydrogen-bond donors (Lipinski definition) is 1. The van der Waals surface area contributed by atoms with Gasteiger partial charge in [0.05, 0.1) is 0 Å². The highest BCUT2D eigenvalue weighted by Gasteiger charge is 1.95. The minimum atomic E-state index is -0.243. The molecular weight excluding hydrogens is 113 g/mol. The zero-order valence-corrected chi connectivity index (χ0v) is 5.77. The molecule has 0 bridgehead atoms. The fourth-order valence-electron chi connectivity index (χ4n) is 0.158. The normalized spacial score (nSPS) is 11.3. The number of nitrogens with one attached hydrogen (secondary N) is 1. The number of rotatable bonds is 2. The van der Waals surface area contributed by atoms with Crippen molar-refractivity contribution >= 4 is 18.7 Å². The molecule has 0 heterocycles. The molecule has 3 heteroatoms. The minimum Gasteiger partial charge on any atom is -0.136 e. The molecule has 0 saturated carbocycles. The van der Waals surface area contributed by atoms with E-state index >= 15 is 0 Å². The van der Waals surface area contributed by atoms with Crippen LogP contribution in [-0.2, 0) is 11.8 Å². The van der Waals surface area contributed by atoms with Gasteiger partial charge in [-0.05, 0) is 6.92 Å². The molecule has 1 unspecified atom stereocenters.